The Kier molecular flexibility index (Phi) is 5.94. The van der Waals surface area contributed by atoms with Crippen LogP contribution in [0.15, 0.2) is 47.3 Å². The molecule has 2 amide bonds. The highest BCUT2D eigenvalue weighted by Crippen LogP contribution is 2.15. The van der Waals surface area contributed by atoms with Crippen LogP contribution in [0.2, 0.25) is 0 Å². The predicted octanol–water partition coefficient (Wildman–Crippen LogP) is 1.44. The third-order valence-corrected chi connectivity index (χ3v) is 3.41. The molecule has 0 spiro atoms. The van der Waals surface area contributed by atoms with Crippen LogP contribution in [0, 0.1) is 6.92 Å². The van der Waals surface area contributed by atoms with Gasteiger partial charge in [0.05, 0.1) is 18.6 Å². The molecule has 2 rings (SSSR count). The first kappa shape index (κ1) is 16.8. The smallest absolute Gasteiger partial charge is 0.309 e. The highest BCUT2D eigenvalue weighted by molar-refractivity contribution is 6.35. The molecular weight excluding hydrogens is 296 g/mol. The standard InChI is InChI=1S/C17H20N2O4/c1-12-2-4-13(5-3-12)10-19-17(22)16(21)18-8-6-15(20)14-7-9-23-11-14/h2-5,7,9,11,15,20H,6,8,10H2,1H3,(H,18,21)(H,19,22). The molecule has 6 nitrogen and oxygen atoms in total. The van der Waals surface area contributed by atoms with Gasteiger partial charge in [0.15, 0.2) is 0 Å². The molecule has 6 heteroatoms. The lowest BCUT2D eigenvalue weighted by molar-refractivity contribution is -0.139. The summed E-state index contributed by atoms with van der Waals surface area (Å²) in [7, 11) is 0. The zero-order chi connectivity index (χ0) is 16.7. The molecule has 2 aromatic rings. The maximum Gasteiger partial charge on any atom is 0.309 e. The van der Waals surface area contributed by atoms with Crippen LogP contribution in [-0.2, 0) is 16.1 Å². The number of hydrogen-bond acceptors (Lipinski definition) is 4. The van der Waals surface area contributed by atoms with Crippen molar-refractivity contribution in [2.24, 2.45) is 0 Å². The van der Waals surface area contributed by atoms with E-state index in [0.29, 0.717) is 18.5 Å². The Balaban J connectivity index is 1.68. The second-order valence-corrected chi connectivity index (χ2v) is 5.29. The van der Waals surface area contributed by atoms with Gasteiger partial charge in [-0.2, -0.15) is 0 Å². The van der Waals surface area contributed by atoms with E-state index in [-0.39, 0.29) is 6.54 Å². The summed E-state index contributed by atoms with van der Waals surface area (Å²) < 4.78 is 4.87. The van der Waals surface area contributed by atoms with E-state index in [4.69, 9.17) is 4.42 Å². The number of benzene rings is 1. The minimum Gasteiger partial charge on any atom is -0.472 e. The number of furan rings is 1. The molecule has 0 radical (unpaired) electrons. The molecule has 0 saturated carbocycles. The molecule has 0 aliphatic carbocycles. The number of nitrogens with one attached hydrogen (secondary N) is 2. The van der Waals surface area contributed by atoms with Crippen molar-refractivity contribution in [3.63, 3.8) is 0 Å². The minimum atomic E-state index is -0.732. The molecule has 0 aliphatic heterocycles. The molecule has 3 N–H and O–H groups in total. The molecular formula is C17H20N2O4. The van der Waals surface area contributed by atoms with Gasteiger partial charge in [-0.25, -0.2) is 0 Å². The van der Waals surface area contributed by atoms with Crippen LogP contribution in [0.25, 0.3) is 0 Å². The van der Waals surface area contributed by atoms with Gasteiger partial charge in [-0.3, -0.25) is 9.59 Å². The summed E-state index contributed by atoms with van der Waals surface area (Å²) in [6.07, 6.45) is 2.48. The molecule has 0 bridgehead atoms. The van der Waals surface area contributed by atoms with Gasteiger partial charge in [-0.1, -0.05) is 29.8 Å². The topological polar surface area (TPSA) is 91.6 Å². The number of aryl methyl sites for hydroxylation is 1. The number of hydrogen-bond donors (Lipinski definition) is 3. The summed E-state index contributed by atoms with van der Waals surface area (Å²) in [4.78, 5) is 23.4. The summed E-state index contributed by atoms with van der Waals surface area (Å²) in [5.41, 5.74) is 2.70. The summed E-state index contributed by atoms with van der Waals surface area (Å²) >= 11 is 0. The van der Waals surface area contributed by atoms with Gasteiger partial charge >= 0.3 is 11.8 Å². The van der Waals surface area contributed by atoms with E-state index in [1.54, 1.807) is 6.07 Å². The number of rotatable bonds is 6. The first-order valence-corrected chi connectivity index (χ1v) is 7.38. The van der Waals surface area contributed by atoms with Gasteiger partial charge in [0.1, 0.15) is 0 Å². The fourth-order valence-electron chi connectivity index (χ4n) is 2.00. The van der Waals surface area contributed by atoms with E-state index in [1.807, 2.05) is 31.2 Å². The molecule has 1 aromatic carbocycles. The maximum atomic E-state index is 11.7. The molecule has 1 heterocycles. The van der Waals surface area contributed by atoms with Crippen molar-refractivity contribution >= 4 is 11.8 Å². The molecule has 23 heavy (non-hydrogen) atoms. The van der Waals surface area contributed by atoms with Gasteiger partial charge in [-0.15, -0.1) is 0 Å². The molecule has 122 valence electrons. The van der Waals surface area contributed by atoms with E-state index in [0.717, 1.165) is 11.1 Å². The lowest BCUT2D eigenvalue weighted by Crippen LogP contribution is -2.40. The first-order valence-electron chi connectivity index (χ1n) is 7.38. The van der Waals surface area contributed by atoms with Crippen LogP contribution >= 0.6 is 0 Å². The van der Waals surface area contributed by atoms with Crippen molar-refractivity contribution in [3.05, 3.63) is 59.5 Å². The Labute approximate surface area is 134 Å². The van der Waals surface area contributed by atoms with Crippen LogP contribution < -0.4 is 10.6 Å². The number of amides is 2. The molecule has 1 atom stereocenters. The quantitative estimate of drug-likeness (QED) is 0.703. The number of aliphatic hydroxyl groups is 1. The SMILES string of the molecule is Cc1ccc(CNC(=O)C(=O)NCCC(O)c2ccoc2)cc1. The van der Waals surface area contributed by atoms with Crippen LogP contribution in [0.4, 0.5) is 0 Å². The molecule has 1 unspecified atom stereocenters. The Bertz CT molecular complexity index is 635. The van der Waals surface area contributed by atoms with Crippen molar-refractivity contribution in [3.8, 4) is 0 Å². The Morgan fingerprint density at radius 1 is 1.13 bits per heavy atom. The second-order valence-electron chi connectivity index (χ2n) is 5.29. The van der Waals surface area contributed by atoms with Crippen LogP contribution in [-0.4, -0.2) is 23.5 Å². The van der Waals surface area contributed by atoms with Crippen molar-refractivity contribution in [2.75, 3.05) is 6.54 Å². The summed E-state index contributed by atoms with van der Waals surface area (Å²) in [5, 5.41) is 14.9. The minimum absolute atomic E-state index is 0.198. The monoisotopic (exact) mass is 316 g/mol. The third-order valence-electron chi connectivity index (χ3n) is 3.41. The van der Waals surface area contributed by atoms with E-state index >= 15 is 0 Å². The van der Waals surface area contributed by atoms with Gasteiger partial charge in [-0.05, 0) is 25.0 Å². The first-order chi connectivity index (χ1) is 11.1. The van der Waals surface area contributed by atoms with E-state index in [1.165, 1.54) is 12.5 Å². The van der Waals surface area contributed by atoms with Crippen molar-refractivity contribution in [1.82, 2.24) is 10.6 Å². The van der Waals surface area contributed by atoms with Crippen molar-refractivity contribution < 1.29 is 19.1 Å². The Hall–Kier alpha value is -2.60. The molecule has 0 saturated heterocycles. The van der Waals surface area contributed by atoms with Gasteiger partial charge in [0, 0.05) is 18.7 Å². The zero-order valence-electron chi connectivity index (χ0n) is 12.9. The summed E-state index contributed by atoms with van der Waals surface area (Å²) in [6, 6.07) is 9.34. The fourth-order valence-corrected chi connectivity index (χ4v) is 2.00. The molecule has 0 fully saturated rings. The van der Waals surface area contributed by atoms with E-state index < -0.39 is 17.9 Å². The largest absolute Gasteiger partial charge is 0.472 e. The molecule has 0 aliphatic rings. The third kappa shape index (κ3) is 5.27. The van der Waals surface area contributed by atoms with Crippen molar-refractivity contribution in [2.45, 2.75) is 26.0 Å². The Morgan fingerprint density at radius 3 is 2.48 bits per heavy atom. The average molecular weight is 316 g/mol. The highest BCUT2D eigenvalue weighted by Gasteiger charge is 2.14. The number of carbonyl (C=O) groups is 2. The van der Waals surface area contributed by atoms with E-state index in [2.05, 4.69) is 10.6 Å². The summed E-state index contributed by atoms with van der Waals surface area (Å²) in [6.45, 7) is 2.47. The maximum absolute atomic E-state index is 11.7. The fraction of sp³-hybridized carbons (Fsp3) is 0.294. The molecule has 1 aromatic heterocycles. The zero-order valence-corrected chi connectivity index (χ0v) is 12.9. The van der Waals surface area contributed by atoms with E-state index in [9.17, 15) is 14.7 Å². The van der Waals surface area contributed by atoms with Crippen LogP contribution in [0.1, 0.15) is 29.2 Å². The lowest BCUT2D eigenvalue weighted by Gasteiger charge is -2.09. The second kappa shape index (κ2) is 8.14. The van der Waals surface area contributed by atoms with Crippen LogP contribution in [0.3, 0.4) is 0 Å². The van der Waals surface area contributed by atoms with Gasteiger partial charge in [0.2, 0.25) is 0 Å². The van der Waals surface area contributed by atoms with Gasteiger partial charge < -0.3 is 20.2 Å². The Morgan fingerprint density at radius 2 is 1.83 bits per heavy atom. The van der Waals surface area contributed by atoms with Crippen LogP contribution in [0.5, 0.6) is 0 Å². The summed E-state index contributed by atoms with van der Waals surface area (Å²) in [5.74, 6) is -1.40. The number of aliphatic hydroxyl groups excluding tert-OH is 1. The van der Waals surface area contributed by atoms with Gasteiger partial charge in [0.25, 0.3) is 0 Å². The van der Waals surface area contributed by atoms with Crippen molar-refractivity contribution in [1.29, 1.82) is 0 Å². The lowest BCUT2D eigenvalue weighted by atomic mass is 10.1. The normalized spacial score (nSPS) is 11.7. The predicted molar refractivity (Wildman–Crippen MR) is 84.3 cm³/mol. The average Bonchev–Trinajstić information content (AvgIpc) is 3.08. The number of carbonyl (C=O) groups excluding carboxylic acids is 2. The highest BCUT2D eigenvalue weighted by atomic mass is 16.3.